The molecular weight excluding hydrogens is 601 g/mol. The Labute approximate surface area is 283 Å². The molecule has 0 fully saturated rings. The molecule has 0 heterocycles. The Kier molecular flexibility index (Phi) is 34.5. The van der Waals surface area contributed by atoms with Crippen molar-refractivity contribution in [3.8, 4) is 0 Å². The van der Waals surface area contributed by atoms with E-state index in [-0.39, 0.29) is 32.3 Å². The summed E-state index contributed by atoms with van der Waals surface area (Å²) < 4.78 is 33.2. The lowest BCUT2D eigenvalue weighted by Gasteiger charge is -2.20. The van der Waals surface area contributed by atoms with Gasteiger partial charge in [0.25, 0.3) is 0 Å². The molecule has 0 aromatic rings. The second-order valence-electron chi connectivity index (χ2n) is 12.4. The predicted molar refractivity (Wildman–Crippen MR) is 192 cm³/mol. The molecule has 2 unspecified atom stereocenters. The Morgan fingerprint density at radius 2 is 1.09 bits per heavy atom. The summed E-state index contributed by atoms with van der Waals surface area (Å²) in [6.07, 6.45) is 36.1. The third-order valence-electron chi connectivity index (χ3n) is 7.84. The number of hydrogen-bond acceptors (Lipinski definition) is 7. The minimum Gasteiger partial charge on any atom is -0.457 e. The van der Waals surface area contributed by atoms with E-state index in [2.05, 4.69) is 38.2 Å². The number of phosphoric ester groups is 1. The zero-order valence-corrected chi connectivity index (χ0v) is 30.7. The van der Waals surface area contributed by atoms with Crippen molar-refractivity contribution in [3.05, 3.63) is 24.3 Å². The number of ether oxygens (including phenoxy) is 2. The Hall–Kier alpha value is -1.02. The molecule has 0 radical (unpaired) electrons. The zero-order valence-electron chi connectivity index (χ0n) is 29.8. The highest BCUT2D eigenvalue weighted by Crippen LogP contribution is 2.43. The molecule has 0 aliphatic rings. The topological polar surface area (TPSA) is 117 Å². The van der Waals surface area contributed by atoms with Gasteiger partial charge in [-0.25, -0.2) is 4.57 Å². The minimum atomic E-state index is -4.27. The van der Waals surface area contributed by atoms with Gasteiger partial charge >= 0.3 is 13.8 Å². The van der Waals surface area contributed by atoms with Gasteiger partial charge in [0.05, 0.1) is 19.8 Å². The molecule has 0 aromatic carbocycles. The third kappa shape index (κ3) is 34.3. The van der Waals surface area contributed by atoms with Gasteiger partial charge in [-0.3, -0.25) is 13.8 Å². The summed E-state index contributed by atoms with van der Waals surface area (Å²) in [5.74, 6) is -0.344. The standard InChI is InChI=1S/C37H72NO7P/c1-3-5-7-9-11-13-15-17-19-21-23-25-27-29-32-42-34-36(35-44-46(40,41)43-33-31-38)45-37(39)30-28-26-24-22-20-18-16-14-12-10-8-6-4-2/h14,16-17,19,36H,3-13,15,18,20-35,38H2,1-2H3,(H,40,41). The van der Waals surface area contributed by atoms with E-state index in [1.54, 1.807) is 0 Å². The van der Waals surface area contributed by atoms with Crippen LogP contribution in [0, 0.1) is 0 Å². The number of carbonyl (C=O) groups excluding carboxylic acids is 1. The summed E-state index contributed by atoms with van der Waals surface area (Å²) in [6, 6.07) is 0. The van der Waals surface area contributed by atoms with Gasteiger partial charge in [-0.2, -0.15) is 0 Å². The second kappa shape index (κ2) is 35.3. The van der Waals surface area contributed by atoms with Crippen molar-refractivity contribution in [2.45, 2.75) is 174 Å². The Balaban J connectivity index is 4.13. The summed E-state index contributed by atoms with van der Waals surface area (Å²) in [6.45, 7) is 4.86. The van der Waals surface area contributed by atoms with Crippen LogP contribution in [0.3, 0.4) is 0 Å². The number of carbonyl (C=O) groups is 1. The molecule has 0 spiro atoms. The third-order valence-corrected chi connectivity index (χ3v) is 8.83. The van der Waals surface area contributed by atoms with E-state index < -0.39 is 13.9 Å². The van der Waals surface area contributed by atoms with Crippen LogP contribution >= 0.6 is 7.82 Å². The summed E-state index contributed by atoms with van der Waals surface area (Å²) in [5, 5.41) is 0. The van der Waals surface area contributed by atoms with Crippen LogP contribution in [0.5, 0.6) is 0 Å². The van der Waals surface area contributed by atoms with Gasteiger partial charge in [0.2, 0.25) is 0 Å². The number of nitrogens with two attached hydrogens (primary N) is 1. The van der Waals surface area contributed by atoms with Crippen molar-refractivity contribution in [3.63, 3.8) is 0 Å². The fourth-order valence-corrected chi connectivity index (χ4v) is 5.81. The minimum absolute atomic E-state index is 0.0980. The first-order valence-corrected chi connectivity index (χ1v) is 20.3. The summed E-state index contributed by atoms with van der Waals surface area (Å²) in [4.78, 5) is 22.3. The highest BCUT2D eigenvalue weighted by Gasteiger charge is 2.25. The van der Waals surface area contributed by atoms with Crippen molar-refractivity contribution in [2.24, 2.45) is 5.73 Å². The van der Waals surface area contributed by atoms with Crippen LogP contribution in [0.25, 0.3) is 0 Å². The molecule has 0 saturated heterocycles. The number of allylic oxidation sites excluding steroid dienone is 4. The van der Waals surface area contributed by atoms with Crippen molar-refractivity contribution in [1.82, 2.24) is 0 Å². The lowest BCUT2D eigenvalue weighted by atomic mass is 10.1. The van der Waals surface area contributed by atoms with E-state index in [0.29, 0.717) is 13.0 Å². The van der Waals surface area contributed by atoms with Crippen LogP contribution in [0.2, 0.25) is 0 Å². The van der Waals surface area contributed by atoms with Crippen molar-refractivity contribution >= 4 is 13.8 Å². The molecule has 0 saturated carbocycles. The van der Waals surface area contributed by atoms with Crippen LogP contribution in [-0.2, 0) is 27.9 Å². The molecular formula is C37H72NO7P. The van der Waals surface area contributed by atoms with Crippen LogP contribution in [0.1, 0.15) is 168 Å². The second-order valence-corrected chi connectivity index (χ2v) is 13.9. The number of hydrogen-bond donors (Lipinski definition) is 2. The smallest absolute Gasteiger partial charge is 0.457 e. The van der Waals surface area contributed by atoms with Crippen molar-refractivity contribution in [1.29, 1.82) is 0 Å². The van der Waals surface area contributed by atoms with Gasteiger partial charge in [0, 0.05) is 19.6 Å². The molecule has 46 heavy (non-hydrogen) atoms. The summed E-state index contributed by atoms with van der Waals surface area (Å²) >= 11 is 0. The Bertz CT molecular complexity index is 762. The average molecular weight is 674 g/mol. The largest absolute Gasteiger partial charge is 0.472 e. The quantitative estimate of drug-likeness (QED) is 0.0292. The highest BCUT2D eigenvalue weighted by atomic mass is 31.2. The fraction of sp³-hybridized carbons (Fsp3) is 0.865. The molecule has 3 N–H and O–H groups in total. The molecule has 0 aliphatic heterocycles. The highest BCUT2D eigenvalue weighted by molar-refractivity contribution is 7.47. The lowest BCUT2D eigenvalue weighted by molar-refractivity contribution is -0.154. The Morgan fingerprint density at radius 3 is 1.61 bits per heavy atom. The maximum absolute atomic E-state index is 12.5. The van der Waals surface area contributed by atoms with Gasteiger partial charge in [0.15, 0.2) is 0 Å². The molecule has 272 valence electrons. The molecule has 0 aromatic heterocycles. The maximum Gasteiger partial charge on any atom is 0.472 e. The summed E-state index contributed by atoms with van der Waals surface area (Å²) in [5.41, 5.74) is 5.35. The first-order valence-electron chi connectivity index (χ1n) is 18.8. The molecule has 0 aliphatic carbocycles. The average Bonchev–Trinajstić information content (AvgIpc) is 3.04. The summed E-state index contributed by atoms with van der Waals surface area (Å²) in [7, 11) is -4.27. The van der Waals surface area contributed by atoms with Gasteiger partial charge in [-0.1, -0.05) is 122 Å². The lowest BCUT2D eigenvalue weighted by Crippen LogP contribution is -2.28. The van der Waals surface area contributed by atoms with Crippen LogP contribution < -0.4 is 5.73 Å². The van der Waals surface area contributed by atoms with E-state index >= 15 is 0 Å². The van der Waals surface area contributed by atoms with Crippen LogP contribution in [0.4, 0.5) is 0 Å². The molecule has 9 heteroatoms. The van der Waals surface area contributed by atoms with Gasteiger partial charge in [-0.15, -0.1) is 0 Å². The van der Waals surface area contributed by atoms with E-state index in [0.717, 1.165) is 57.8 Å². The maximum atomic E-state index is 12.5. The fourth-order valence-electron chi connectivity index (χ4n) is 5.04. The predicted octanol–water partition coefficient (Wildman–Crippen LogP) is 10.5. The molecule has 0 bridgehead atoms. The zero-order chi connectivity index (χ0) is 33.8. The molecule has 0 rings (SSSR count). The first kappa shape index (κ1) is 45.0. The monoisotopic (exact) mass is 674 g/mol. The number of unbranched alkanes of at least 4 members (excludes halogenated alkanes) is 19. The van der Waals surface area contributed by atoms with Crippen molar-refractivity contribution in [2.75, 3.05) is 33.0 Å². The number of rotatable bonds is 36. The van der Waals surface area contributed by atoms with E-state index in [9.17, 15) is 14.3 Å². The number of esters is 1. The van der Waals surface area contributed by atoms with Crippen LogP contribution in [-0.4, -0.2) is 49.9 Å². The number of phosphoric acid groups is 1. The SMILES string of the molecule is CCCCCCC=CCCCCCCCC(=O)OC(COCCCCCCC=CCCCCCCCC)COP(=O)(O)OCCN. The molecule has 2 atom stereocenters. The van der Waals surface area contributed by atoms with Crippen LogP contribution in [0.15, 0.2) is 24.3 Å². The molecule has 8 nitrogen and oxygen atoms in total. The normalized spacial score (nSPS) is 13.9. The first-order chi connectivity index (χ1) is 22.4. The van der Waals surface area contributed by atoms with Gasteiger partial charge in [-0.05, 0) is 64.2 Å². The van der Waals surface area contributed by atoms with E-state index in [1.807, 2.05) is 0 Å². The van der Waals surface area contributed by atoms with Crippen molar-refractivity contribution < 1.29 is 32.8 Å². The van der Waals surface area contributed by atoms with E-state index in [1.165, 1.54) is 89.9 Å². The van der Waals surface area contributed by atoms with Gasteiger partial charge < -0.3 is 20.1 Å². The Morgan fingerprint density at radius 1 is 0.630 bits per heavy atom. The van der Waals surface area contributed by atoms with Gasteiger partial charge in [0.1, 0.15) is 6.10 Å². The molecule has 0 amide bonds. The van der Waals surface area contributed by atoms with E-state index in [4.69, 9.17) is 24.3 Å².